The van der Waals surface area contributed by atoms with Crippen molar-refractivity contribution < 1.29 is 9.53 Å². The molecule has 0 spiro atoms. The number of amides is 1. The van der Waals surface area contributed by atoms with Gasteiger partial charge in [0.1, 0.15) is 5.75 Å². The predicted molar refractivity (Wildman–Crippen MR) is 82.0 cm³/mol. The van der Waals surface area contributed by atoms with Crippen LogP contribution in [0.3, 0.4) is 0 Å². The van der Waals surface area contributed by atoms with E-state index < -0.39 is 0 Å². The third-order valence-electron chi connectivity index (χ3n) is 3.70. The van der Waals surface area contributed by atoms with Gasteiger partial charge in [0.2, 0.25) is 5.91 Å². The molecule has 0 bridgehead atoms. The molecule has 0 aromatic heterocycles. The van der Waals surface area contributed by atoms with Crippen LogP contribution in [-0.4, -0.2) is 31.6 Å². The number of anilines is 1. The van der Waals surface area contributed by atoms with Gasteiger partial charge in [-0.25, -0.2) is 0 Å². The van der Waals surface area contributed by atoms with Crippen molar-refractivity contribution in [3.8, 4) is 5.75 Å². The Morgan fingerprint density at radius 2 is 1.95 bits per heavy atom. The van der Waals surface area contributed by atoms with E-state index in [0.29, 0.717) is 6.54 Å². The van der Waals surface area contributed by atoms with Crippen LogP contribution in [0.1, 0.15) is 26.7 Å². The van der Waals surface area contributed by atoms with Crippen molar-refractivity contribution in [1.82, 2.24) is 5.32 Å². The monoisotopic (exact) mass is 279 g/mol. The van der Waals surface area contributed by atoms with Crippen molar-refractivity contribution in [3.63, 3.8) is 0 Å². The first-order valence-corrected chi connectivity index (χ1v) is 6.98. The molecular formula is C15H25N3O2. The van der Waals surface area contributed by atoms with Gasteiger partial charge in [0.25, 0.3) is 0 Å². The molecule has 1 rings (SSSR count). The Balaban J connectivity index is 2.59. The number of benzene rings is 1. The summed E-state index contributed by atoms with van der Waals surface area (Å²) < 4.78 is 5.23. The first-order valence-electron chi connectivity index (χ1n) is 6.98. The van der Waals surface area contributed by atoms with Gasteiger partial charge < -0.3 is 21.1 Å². The Morgan fingerprint density at radius 3 is 2.50 bits per heavy atom. The van der Waals surface area contributed by atoms with Gasteiger partial charge in [0.15, 0.2) is 0 Å². The summed E-state index contributed by atoms with van der Waals surface area (Å²) in [5.41, 5.74) is 6.27. The van der Waals surface area contributed by atoms with Crippen LogP contribution in [0.25, 0.3) is 0 Å². The van der Waals surface area contributed by atoms with E-state index in [1.54, 1.807) is 7.11 Å². The van der Waals surface area contributed by atoms with Gasteiger partial charge in [-0.15, -0.1) is 0 Å². The van der Waals surface area contributed by atoms with Crippen LogP contribution in [-0.2, 0) is 4.79 Å². The highest BCUT2D eigenvalue weighted by molar-refractivity contribution is 5.82. The molecule has 20 heavy (non-hydrogen) atoms. The smallest absolute Gasteiger partial charge is 0.239 e. The number of nitrogens with two attached hydrogens (primary N) is 1. The second kappa shape index (κ2) is 7.75. The van der Waals surface area contributed by atoms with Crippen molar-refractivity contribution in [2.24, 2.45) is 5.73 Å². The van der Waals surface area contributed by atoms with Gasteiger partial charge >= 0.3 is 0 Å². The maximum absolute atomic E-state index is 12.0. The third-order valence-corrected chi connectivity index (χ3v) is 3.70. The minimum atomic E-state index is -0.306. The molecule has 0 atom stereocenters. The highest BCUT2D eigenvalue weighted by atomic mass is 16.5. The summed E-state index contributed by atoms with van der Waals surface area (Å²) in [7, 11) is 1.61. The number of ether oxygens (including phenoxy) is 1. The quantitative estimate of drug-likeness (QED) is 0.677. The van der Waals surface area contributed by atoms with Gasteiger partial charge in [-0.2, -0.15) is 0 Å². The van der Waals surface area contributed by atoms with Crippen molar-refractivity contribution in [2.45, 2.75) is 32.2 Å². The van der Waals surface area contributed by atoms with E-state index in [9.17, 15) is 4.79 Å². The summed E-state index contributed by atoms with van der Waals surface area (Å²) in [6.45, 7) is 4.71. The van der Waals surface area contributed by atoms with Gasteiger partial charge in [-0.3, -0.25) is 4.79 Å². The fourth-order valence-electron chi connectivity index (χ4n) is 2.07. The molecule has 5 nitrogen and oxygen atoms in total. The molecule has 0 saturated carbocycles. The number of hydrogen-bond donors (Lipinski definition) is 3. The Morgan fingerprint density at radius 1 is 1.30 bits per heavy atom. The van der Waals surface area contributed by atoms with E-state index in [0.717, 1.165) is 24.3 Å². The first kappa shape index (κ1) is 16.3. The summed E-state index contributed by atoms with van der Waals surface area (Å²) in [6.07, 6.45) is 1.64. The SMILES string of the molecule is CCC(CC)(CN)NC(=O)CNc1ccccc1OC. The van der Waals surface area contributed by atoms with Crippen LogP contribution in [0.15, 0.2) is 24.3 Å². The van der Waals surface area contributed by atoms with Gasteiger partial charge in [-0.05, 0) is 25.0 Å². The maximum Gasteiger partial charge on any atom is 0.239 e. The fraction of sp³-hybridized carbons (Fsp3) is 0.533. The Hall–Kier alpha value is -1.75. The average Bonchev–Trinajstić information content (AvgIpc) is 2.51. The summed E-state index contributed by atoms with van der Waals surface area (Å²) >= 11 is 0. The molecule has 112 valence electrons. The Kier molecular flexibility index (Phi) is 6.31. The van der Waals surface area contributed by atoms with Crippen LogP contribution in [0, 0.1) is 0 Å². The second-order valence-corrected chi connectivity index (χ2v) is 4.79. The van der Waals surface area contributed by atoms with Crippen molar-refractivity contribution in [2.75, 3.05) is 25.5 Å². The summed E-state index contributed by atoms with van der Waals surface area (Å²) in [6, 6.07) is 7.51. The van der Waals surface area contributed by atoms with E-state index in [4.69, 9.17) is 10.5 Å². The number of nitrogens with one attached hydrogen (secondary N) is 2. The summed E-state index contributed by atoms with van der Waals surface area (Å²) in [5, 5.41) is 6.10. The fourth-order valence-corrected chi connectivity index (χ4v) is 2.07. The lowest BCUT2D eigenvalue weighted by molar-refractivity contribution is -0.121. The van der Waals surface area contributed by atoms with E-state index in [-0.39, 0.29) is 18.0 Å². The van der Waals surface area contributed by atoms with E-state index in [1.165, 1.54) is 0 Å². The highest BCUT2D eigenvalue weighted by Crippen LogP contribution is 2.22. The molecule has 0 aliphatic rings. The second-order valence-electron chi connectivity index (χ2n) is 4.79. The zero-order chi connectivity index (χ0) is 15.0. The highest BCUT2D eigenvalue weighted by Gasteiger charge is 2.25. The van der Waals surface area contributed by atoms with Crippen LogP contribution in [0.2, 0.25) is 0 Å². The minimum absolute atomic E-state index is 0.0648. The number of hydrogen-bond acceptors (Lipinski definition) is 4. The van der Waals surface area contributed by atoms with Crippen molar-refractivity contribution >= 4 is 11.6 Å². The molecule has 0 radical (unpaired) electrons. The lowest BCUT2D eigenvalue weighted by Gasteiger charge is -2.31. The molecule has 0 saturated heterocycles. The number of rotatable bonds is 8. The largest absolute Gasteiger partial charge is 0.495 e. The van der Waals surface area contributed by atoms with Gasteiger partial charge in [0.05, 0.1) is 24.9 Å². The number of methoxy groups -OCH3 is 1. The third kappa shape index (κ3) is 4.13. The summed E-state index contributed by atoms with van der Waals surface area (Å²) in [4.78, 5) is 12.0. The molecular weight excluding hydrogens is 254 g/mol. The number of carbonyl (C=O) groups excluding carboxylic acids is 1. The van der Waals surface area contributed by atoms with Crippen molar-refractivity contribution in [1.29, 1.82) is 0 Å². The van der Waals surface area contributed by atoms with Gasteiger partial charge in [-0.1, -0.05) is 26.0 Å². The lowest BCUT2D eigenvalue weighted by Crippen LogP contribution is -2.54. The molecule has 0 heterocycles. The average molecular weight is 279 g/mol. The molecule has 5 heteroatoms. The topological polar surface area (TPSA) is 76.4 Å². The van der Waals surface area contributed by atoms with Crippen molar-refractivity contribution in [3.05, 3.63) is 24.3 Å². The van der Waals surface area contributed by atoms with E-state index >= 15 is 0 Å². The van der Waals surface area contributed by atoms with E-state index in [1.807, 2.05) is 38.1 Å². The van der Waals surface area contributed by atoms with Crippen LogP contribution < -0.4 is 21.1 Å². The molecule has 0 unspecified atom stereocenters. The van der Waals surface area contributed by atoms with E-state index in [2.05, 4.69) is 10.6 Å². The molecule has 1 amide bonds. The molecule has 1 aromatic carbocycles. The van der Waals surface area contributed by atoms with Gasteiger partial charge in [0, 0.05) is 6.54 Å². The molecule has 0 aliphatic carbocycles. The molecule has 0 fully saturated rings. The summed E-state index contributed by atoms with van der Waals surface area (Å²) in [5.74, 6) is 0.654. The number of carbonyl (C=O) groups is 1. The standard InChI is InChI=1S/C15H25N3O2/c1-4-15(5-2,11-16)18-14(19)10-17-12-8-6-7-9-13(12)20-3/h6-9,17H,4-5,10-11,16H2,1-3H3,(H,18,19). The Labute approximate surface area is 120 Å². The lowest BCUT2D eigenvalue weighted by atomic mass is 9.93. The Bertz CT molecular complexity index is 423. The first-order chi connectivity index (χ1) is 9.60. The number of para-hydroxylation sites is 2. The zero-order valence-corrected chi connectivity index (χ0v) is 12.5. The normalized spacial score (nSPS) is 11.0. The molecule has 4 N–H and O–H groups in total. The molecule has 1 aromatic rings. The molecule has 0 aliphatic heterocycles. The predicted octanol–water partition coefficient (Wildman–Crippen LogP) is 1.74. The van der Waals surface area contributed by atoms with Crippen LogP contribution in [0.5, 0.6) is 5.75 Å². The minimum Gasteiger partial charge on any atom is -0.495 e. The maximum atomic E-state index is 12.0. The van der Waals surface area contributed by atoms with Crippen LogP contribution >= 0.6 is 0 Å². The zero-order valence-electron chi connectivity index (χ0n) is 12.5. The van der Waals surface area contributed by atoms with Crippen LogP contribution in [0.4, 0.5) is 5.69 Å².